The maximum absolute atomic E-state index is 11.3. The number of carbonyl (C=O) groups excluding carboxylic acids is 1. The number of methoxy groups -OCH3 is 3. The summed E-state index contributed by atoms with van der Waals surface area (Å²) in [5.74, 6) is 1.08. The van der Waals surface area contributed by atoms with Crippen molar-refractivity contribution in [3.63, 3.8) is 0 Å². The van der Waals surface area contributed by atoms with E-state index in [-0.39, 0.29) is 0 Å². The molecular formula is C14H17BrO5. The van der Waals surface area contributed by atoms with Gasteiger partial charge in [0.2, 0.25) is 5.75 Å². The Balaban J connectivity index is 3.24. The van der Waals surface area contributed by atoms with Crippen molar-refractivity contribution in [2.75, 3.05) is 27.9 Å². The number of rotatable bonds is 6. The Morgan fingerprint density at radius 3 is 2.35 bits per heavy atom. The second-order valence-corrected chi connectivity index (χ2v) is 4.43. The van der Waals surface area contributed by atoms with Crippen LogP contribution >= 0.6 is 15.9 Å². The Morgan fingerprint density at radius 2 is 1.85 bits per heavy atom. The lowest BCUT2D eigenvalue weighted by Crippen LogP contribution is -1.99. The van der Waals surface area contributed by atoms with Crippen LogP contribution in [0.3, 0.4) is 0 Å². The highest BCUT2D eigenvalue weighted by Gasteiger charge is 2.17. The van der Waals surface area contributed by atoms with Gasteiger partial charge in [0.25, 0.3) is 0 Å². The summed E-state index contributed by atoms with van der Waals surface area (Å²) in [4.78, 5) is 11.3. The van der Waals surface area contributed by atoms with Crippen molar-refractivity contribution in [2.45, 2.75) is 6.92 Å². The Morgan fingerprint density at radius 1 is 1.20 bits per heavy atom. The topological polar surface area (TPSA) is 54.0 Å². The average molecular weight is 345 g/mol. The predicted octanol–water partition coefficient (Wildman–Crippen LogP) is 3.05. The Bertz CT molecular complexity index is 511. The third-order valence-electron chi connectivity index (χ3n) is 2.48. The predicted molar refractivity (Wildman–Crippen MR) is 79.5 cm³/mol. The fourth-order valence-electron chi connectivity index (χ4n) is 1.61. The zero-order valence-corrected chi connectivity index (χ0v) is 13.4. The van der Waals surface area contributed by atoms with Crippen LogP contribution in [-0.4, -0.2) is 33.9 Å². The maximum atomic E-state index is 11.3. The van der Waals surface area contributed by atoms with Gasteiger partial charge in [-0.3, -0.25) is 0 Å². The quantitative estimate of drug-likeness (QED) is 0.586. The van der Waals surface area contributed by atoms with Crippen molar-refractivity contribution in [1.29, 1.82) is 0 Å². The summed E-state index contributed by atoms with van der Waals surface area (Å²) in [5, 5.41) is 0. The van der Waals surface area contributed by atoms with Crippen LogP contribution in [0.2, 0.25) is 0 Å². The van der Waals surface area contributed by atoms with Gasteiger partial charge in [-0.05, 0) is 40.6 Å². The summed E-state index contributed by atoms with van der Waals surface area (Å²) >= 11 is 3.42. The minimum Gasteiger partial charge on any atom is -0.493 e. The second kappa shape index (κ2) is 7.79. The van der Waals surface area contributed by atoms with Crippen LogP contribution in [0.25, 0.3) is 6.08 Å². The van der Waals surface area contributed by atoms with E-state index in [0.717, 1.165) is 0 Å². The van der Waals surface area contributed by atoms with Gasteiger partial charge in [0.1, 0.15) is 0 Å². The minimum atomic E-state index is -0.409. The maximum Gasteiger partial charge on any atom is 0.330 e. The van der Waals surface area contributed by atoms with Gasteiger partial charge < -0.3 is 18.9 Å². The Labute approximate surface area is 126 Å². The molecule has 0 aliphatic heterocycles. The van der Waals surface area contributed by atoms with Crippen LogP contribution in [0, 0.1) is 0 Å². The van der Waals surface area contributed by atoms with Crippen LogP contribution < -0.4 is 14.2 Å². The molecule has 0 spiro atoms. The highest BCUT2D eigenvalue weighted by Crippen LogP contribution is 2.45. The van der Waals surface area contributed by atoms with Crippen LogP contribution in [0.4, 0.5) is 0 Å². The lowest BCUT2D eigenvalue weighted by molar-refractivity contribution is -0.137. The molecule has 1 aromatic rings. The summed E-state index contributed by atoms with van der Waals surface area (Å²) in [5.41, 5.74) is 0.715. The molecule has 20 heavy (non-hydrogen) atoms. The molecule has 0 bridgehead atoms. The molecule has 0 unspecified atom stereocenters. The first-order valence-electron chi connectivity index (χ1n) is 5.92. The van der Waals surface area contributed by atoms with Crippen LogP contribution in [-0.2, 0) is 9.53 Å². The van der Waals surface area contributed by atoms with Gasteiger partial charge in [0, 0.05) is 6.08 Å². The third kappa shape index (κ3) is 3.66. The van der Waals surface area contributed by atoms with Gasteiger partial charge in [-0.15, -0.1) is 0 Å². The van der Waals surface area contributed by atoms with E-state index in [1.165, 1.54) is 27.4 Å². The molecule has 0 saturated carbocycles. The summed E-state index contributed by atoms with van der Waals surface area (Å²) in [6.45, 7) is 2.08. The molecule has 0 N–H and O–H groups in total. The first-order valence-corrected chi connectivity index (χ1v) is 6.71. The largest absolute Gasteiger partial charge is 0.493 e. The lowest BCUT2D eigenvalue weighted by Gasteiger charge is -2.15. The molecule has 0 radical (unpaired) electrons. The van der Waals surface area contributed by atoms with E-state index in [9.17, 15) is 4.79 Å². The summed E-state index contributed by atoms with van der Waals surface area (Å²) in [7, 11) is 4.59. The van der Waals surface area contributed by atoms with Gasteiger partial charge >= 0.3 is 5.97 Å². The zero-order chi connectivity index (χ0) is 15.1. The van der Waals surface area contributed by atoms with E-state index >= 15 is 0 Å². The average Bonchev–Trinajstić information content (AvgIpc) is 2.45. The fraction of sp³-hybridized carbons (Fsp3) is 0.357. The van der Waals surface area contributed by atoms with E-state index in [4.69, 9.17) is 18.9 Å². The van der Waals surface area contributed by atoms with Crippen molar-refractivity contribution in [1.82, 2.24) is 0 Å². The van der Waals surface area contributed by atoms with E-state index in [1.807, 2.05) is 0 Å². The number of halogens is 1. The monoisotopic (exact) mass is 344 g/mol. The molecule has 110 valence electrons. The van der Waals surface area contributed by atoms with Crippen molar-refractivity contribution in [3.05, 3.63) is 22.2 Å². The van der Waals surface area contributed by atoms with Crippen molar-refractivity contribution in [3.8, 4) is 17.2 Å². The summed E-state index contributed by atoms with van der Waals surface area (Å²) in [6.07, 6.45) is 2.96. The molecule has 5 nitrogen and oxygen atoms in total. The molecule has 0 aliphatic carbocycles. The van der Waals surface area contributed by atoms with Crippen molar-refractivity contribution in [2.24, 2.45) is 0 Å². The van der Waals surface area contributed by atoms with Crippen molar-refractivity contribution >= 4 is 28.0 Å². The second-order valence-electron chi connectivity index (χ2n) is 3.63. The first kappa shape index (κ1) is 16.4. The van der Waals surface area contributed by atoms with E-state index in [2.05, 4.69) is 15.9 Å². The van der Waals surface area contributed by atoms with Gasteiger partial charge in [-0.25, -0.2) is 4.79 Å². The standard InChI is InChI=1S/C14H17BrO5/c1-5-20-11(16)7-6-9-8-10(17-2)13(18-3)14(19-4)12(9)15/h6-8H,5H2,1-4H3. The molecule has 0 fully saturated rings. The number of hydrogen-bond acceptors (Lipinski definition) is 5. The van der Waals surface area contributed by atoms with E-state index in [1.54, 1.807) is 19.1 Å². The SMILES string of the molecule is CCOC(=O)C=Cc1cc(OC)c(OC)c(OC)c1Br. The minimum absolute atomic E-state index is 0.333. The first-order chi connectivity index (χ1) is 9.58. The number of benzene rings is 1. The molecule has 0 saturated heterocycles. The van der Waals surface area contributed by atoms with Crippen LogP contribution in [0.1, 0.15) is 12.5 Å². The lowest BCUT2D eigenvalue weighted by atomic mass is 10.1. The molecule has 0 aliphatic rings. The van der Waals surface area contributed by atoms with Crippen LogP contribution in [0.15, 0.2) is 16.6 Å². The third-order valence-corrected chi connectivity index (χ3v) is 3.30. The molecule has 0 aromatic heterocycles. The smallest absolute Gasteiger partial charge is 0.330 e. The molecular weight excluding hydrogens is 328 g/mol. The Hall–Kier alpha value is -1.69. The number of esters is 1. The normalized spacial score (nSPS) is 10.4. The summed E-state index contributed by atoms with van der Waals surface area (Å²) < 4.78 is 21.3. The molecule has 0 atom stereocenters. The number of ether oxygens (including phenoxy) is 4. The summed E-state index contributed by atoms with van der Waals surface area (Å²) in [6, 6.07) is 1.74. The Kier molecular flexibility index (Phi) is 6.38. The highest BCUT2D eigenvalue weighted by atomic mass is 79.9. The molecule has 0 heterocycles. The van der Waals surface area contributed by atoms with Gasteiger partial charge in [-0.2, -0.15) is 0 Å². The zero-order valence-electron chi connectivity index (χ0n) is 11.9. The highest BCUT2D eigenvalue weighted by molar-refractivity contribution is 9.10. The van der Waals surface area contributed by atoms with Gasteiger partial charge in [0.15, 0.2) is 11.5 Å². The van der Waals surface area contributed by atoms with E-state index in [0.29, 0.717) is 33.9 Å². The number of hydrogen-bond donors (Lipinski definition) is 0. The van der Waals surface area contributed by atoms with Gasteiger partial charge in [-0.1, -0.05) is 0 Å². The van der Waals surface area contributed by atoms with Gasteiger partial charge in [0.05, 0.1) is 32.4 Å². The van der Waals surface area contributed by atoms with Crippen LogP contribution in [0.5, 0.6) is 17.2 Å². The van der Waals surface area contributed by atoms with E-state index < -0.39 is 5.97 Å². The molecule has 0 amide bonds. The number of carbonyl (C=O) groups is 1. The molecule has 1 rings (SSSR count). The molecule has 6 heteroatoms. The fourth-order valence-corrected chi connectivity index (χ4v) is 2.20. The molecule has 1 aromatic carbocycles. The van der Waals surface area contributed by atoms with Crippen molar-refractivity contribution < 1.29 is 23.7 Å².